The summed E-state index contributed by atoms with van der Waals surface area (Å²) >= 11 is 0. The molecule has 2 aliphatic heterocycles. The minimum atomic E-state index is -0.0602. The number of carbonyl (C=O) groups is 1. The maximum atomic E-state index is 12.4. The Balaban J connectivity index is 0.00000144. The number of halogens is 2. The number of carbonyl (C=O) groups excluding carboxylic acids is 1. The van der Waals surface area contributed by atoms with Crippen molar-refractivity contribution in [1.82, 2.24) is 15.6 Å². The third-order valence-corrected chi connectivity index (χ3v) is 4.03. The number of aliphatic imine (C=N–C) groups is 1. The van der Waals surface area contributed by atoms with Crippen LogP contribution in [0.5, 0.6) is 0 Å². The topological polar surface area (TPSA) is 55.2 Å². The first-order chi connectivity index (χ1) is 10.8. The van der Waals surface area contributed by atoms with Gasteiger partial charge in [-0.1, -0.05) is 30.3 Å². The molecule has 4 nitrogen and oxygen atoms in total. The molecule has 1 aromatic rings. The Morgan fingerprint density at radius 3 is 2.71 bits per heavy atom. The SMILES string of the molecule is Cl.O=C(N[C@@H](CC1=CC=CC=[N+]1)c1ccccc1)[C@@H]1CCCN1.[Cl-]. The van der Waals surface area contributed by atoms with E-state index in [9.17, 15) is 4.79 Å². The summed E-state index contributed by atoms with van der Waals surface area (Å²) in [5, 5.41) is 6.43. The number of benzene rings is 1. The standard InChI is InChI=1S/C18H21N3O.2ClH/c22-18(16-10-6-12-20-16)21-17(14-7-2-1-3-8-14)13-15-9-4-5-11-19-15;;/h1-5,7-9,11,16-17,20H,6,10,12-13H2,(H,21,22);2*1H/q+1;;/p-1/t16-,17-;;/m0../s1. The lowest BCUT2D eigenvalue weighted by molar-refractivity contribution is -0.123. The van der Waals surface area contributed by atoms with Crippen LogP contribution in [-0.4, -0.2) is 24.7 Å². The van der Waals surface area contributed by atoms with Crippen LogP contribution in [0.25, 0.3) is 0 Å². The van der Waals surface area contributed by atoms with Crippen molar-refractivity contribution < 1.29 is 17.2 Å². The average Bonchev–Trinajstić information content (AvgIpc) is 3.11. The lowest BCUT2D eigenvalue weighted by atomic mass is 10.0. The molecule has 1 radical (unpaired) electrons. The molecule has 0 bridgehead atoms. The van der Waals surface area contributed by atoms with E-state index in [1.165, 1.54) is 0 Å². The van der Waals surface area contributed by atoms with Crippen LogP contribution >= 0.6 is 12.4 Å². The summed E-state index contributed by atoms with van der Waals surface area (Å²) in [7, 11) is 0. The molecule has 0 aliphatic carbocycles. The Morgan fingerprint density at radius 2 is 2.08 bits per heavy atom. The Kier molecular flexibility index (Phi) is 8.76. The van der Waals surface area contributed by atoms with Gasteiger partial charge < -0.3 is 23.0 Å². The van der Waals surface area contributed by atoms with Crippen LogP contribution < -0.4 is 28.0 Å². The summed E-state index contributed by atoms with van der Waals surface area (Å²) in [6.07, 6.45) is 10.3. The Morgan fingerprint density at radius 1 is 1.29 bits per heavy atom. The highest BCUT2D eigenvalue weighted by Crippen LogP contribution is 2.21. The molecule has 0 unspecified atom stereocenters. The smallest absolute Gasteiger partial charge is 0.256 e. The normalized spacial score (nSPS) is 19.7. The van der Waals surface area contributed by atoms with Crippen molar-refractivity contribution in [2.75, 3.05) is 6.54 Å². The lowest BCUT2D eigenvalue weighted by Crippen LogP contribution is -3.00. The monoisotopic (exact) mass is 366 g/mol. The quantitative estimate of drug-likeness (QED) is 0.721. The van der Waals surface area contributed by atoms with E-state index < -0.39 is 0 Å². The molecule has 2 N–H and O–H groups in total. The molecule has 129 valence electrons. The molecular weight excluding hydrogens is 345 g/mol. The van der Waals surface area contributed by atoms with Gasteiger partial charge in [0.1, 0.15) is 0 Å². The fourth-order valence-electron chi connectivity index (χ4n) is 2.85. The highest BCUT2D eigenvalue weighted by molar-refractivity contribution is 5.85. The minimum absolute atomic E-state index is 0. The summed E-state index contributed by atoms with van der Waals surface area (Å²) in [6.45, 7) is 0.925. The van der Waals surface area contributed by atoms with Gasteiger partial charge in [0.2, 0.25) is 12.1 Å². The number of hydrogen-bond acceptors (Lipinski definition) is 3. The van der Waals surface area contributed by atoms with Gasteiger partial charge in [-0.05, 0) is 31.0 Å². The summed E-state index contributed by atoms with van der Waals surface area (Å²) in [5.41, 5.74) is 2.09. The van der Waals surface area contributed by atoms with Crippen LogP contribution in [-0.2, 0) is 4.79 Å². The lowest BCUT2D eigenvalue weighted by Gasteiger charge is -2.20. The first kappa shape index (κ1) is 20.4. The second-order valence-electron chi connectivity index (χ2n) is 5.65. The fraction of sp³-hybridized carbons (Fsp3) is 0.333. The Labute approximate surface area is 155 Å². The molecule has 0 saturated carbocycles. The summed E-state index contributed by atoms with van der Waals surface area (Å²) in [4.78, 5) is 16.8. The van der Waals surface area contributed by atoms with Gasteiger partial charge in [-0.3, -0.25) is 4.79 Å². The van der Waals surface area contributed by atoms with Gasteiger partial charge in [-0.15, -0.1) is 12.4 Å². The minimum Gasteiger partial charge on any atom is -1.00 e. The van der Waals surface area contributed by atoms with Crippen LogP contribution in [0.1, 0.15) is 30.9 Å². The summed E-state index contributed by atoms with van der Waals surface area (Å²) in [5.74, 6) is 0.0854. The number of nitrogens with zero attached hydrogens (tertiary/aromatic N) is 1. The summed E-state index contributed by atoms with van der Waals surface area (Å²) in [6, 6.07) is 9.98. The molecule has 2 atom stereocenters. The van der Waals surface area contributed by atoms with Crippen LogP contribution in [0.3, 0.4) is 0 Å². The van der Waals surface area contributed by atoms with Crippen molar-refractivity contribution in [3.05, 3.63) is 59.8 Å². The molecule has 1 aromatic carbocycles. The highest BCUT2D eigenvalue weighted by Gasteiger charge is 2.26. The average molecular weight is 367 g/mol. The van der Waals surface area contributed by atoms with Crippen molar-refractivity contribution in [2.45, 2.75) is 31.3 Å². The van der Waals surface area contributed by atoms with Crippen molar-refractivity contribution in [1.29, 1.82) is 0 Å². The maximum absolute atomic E-state index is 12.4. The number of allylic oxidation sites excluding steroid dienone is 3. The molecule has 0 aromatic heterocycles. The molecule has 6 heteroatoms. The van der Waals surface area contributed by atoms with Gasteiger partial charge in [0.25, 0.3) is 5.70 Å². The van der Waals surface area contributed by atoms with E-state index in [1.54, 1.807) is 6.21 Å². The number of rotatable bonds is 5. The highest BCUT2D eigenvalue weighted by atomic mass is 35.5. The molecule has 0 spiro atoms. The Bertz CT molecular complexity index is 608. The molecule has 1 saturated heterocycles. The van der Waals surface area contributed by atoms with Gasteiger partial charge in [-0.2, -0.15) is 0 Å². The maximum Gasteiger partial charge on any atom is 0.256 e. The first-order valence-electron chi connectivity index (χ1n) is 7.81. The third-order valence-electron chi connectivity index (χ3n) is 4.03. The van der Waals surface area contributed by atoms with E-state index in [2.05, 4.69) is 27.8 Å². The van der Waals surface area contributed by atoms with Crippen LogP contribution in [0.15, 0.2) is 54.3 Å². The van der Waals surface area contributed by atoms with E-state index in [0.29, 0.717) is 6.42 Å². The van der Waals surface area contributed by atoms with Crippen molar-refractivity contribution in [3.8, 4) is 0 Å². The zero-order valence-electron chi connectivity index (χ0n) is 13.3. The molecule has 1 amide bonds. The number of nitrogens with one attached hydrogen (secondary N) is 2. The van der Waals surface area contributed by atoms with E-state index in [4.69, 9.17) is 0 Å². The second-order valence-corrected chi connectivity index (χ2v) is 5.65. The molecule has 2 aliphatic rings. The second kappa shape index (κ2) is 10.3. The van der Waals surface area contributed by atoms with Gasteiger partial charge >= 0.3 is 0 Å². The van der Waals surface area contributed by atoms with Gasteiger partial charge in [0.15, 0.2) is 0 Å². The van der Waals surface area contributed by atoms with Crippen molar-refractivity contribution in [2.24, 2.45) is 0 Å². The molecule has 3 rings (SSSR count). The van der Waals surface area contributed by atoms with Gasteiger partial charge in [0.05, 0.1) is 23.5 Å². The molecular formula is C18H22Cl2N3O. The fourth-order valence-corrected chi connectivity index (χ4v) is 2.85. The van der Waals surface area contributed by atoms with Crippen molar-refractivity contribution in [3.63, 3.8) is 0 Å². The largest absolute Gasteiger partial charge is 1.00 e. The van der Waals surface area contributed by atoms with E-state index in [0.717, 1.165) is 30.6 Å². The van der Waals surface area contributed by atoms with E-state index in [-0.39, 0.29) is 42.8 Å². The predicted octanol–water partition coefficient (Wildman–Crippen LogP) is -0.728. The summed E-state index contributed by atoms with van der Waals surface area (Å²) < 4.78 is 0. The molecule has 2 heterocycles. The van der Waals surface area contributed by atoms with Crippen LogP contribution in [0, 0.1) is 0 Å². The van der Waals surface area contributed by atoms with Gasteiger partial charge in [-0.25, -0.2) is 0 Å². The molecule has 24 heavy (non-hydrogen) atoms. The molecule has 1 fully saturated rings. The number of hydrogen-bond donors (Lipinski definition) is 2. The van der Waals surface area contributed by atoms with Crippen molar-refractivity contribution >= 4 is 24.5 Å². The zero-order chi connectivity index (χ0) is 15.2. The predicted molar refractivity (Wildman–Crippen MR) is 95.6 cm³/mol. The first-order valence-corrected chi connectivity index (χ1v) is 7.81. The zero-order valence-corrected chi connectivity index (χ0v) is 14.9. The van der Waals surface area contributed by atoms with Gasteiger partial charge in [0, 0.05) is 12.2 Å². The van der Waals surface area contributed by atoms with Crippen LogP contribution in [0.2, 0.25) is 0 Å². The Hall–Kier alpha value is -1.62. The van der Waals surface area contributed by atoms with E-state index >= 15 is 0 Å². The van der Waals surface area contributed by atoms with Crippen LogP contribution in [0.4, 0.5) is 0 Å². The number of amides is 1. The third kappa shape index (κ3) is 5.48. The van der Waals surface area contributed by atoms with E-state index in [1.807, 2.05) is 36.4 Å².